The first-order valence-corrected chi connectivity index (χ1v) is 6.22. The second-order valence-corrected chi connectivity index (χ2v) is 4.73. The second kappa shape index (κ2) is 5.52. The molecule has 2 unspecified atom stereocenters. The zero-order chi connectivity index (χ0) is 14.0. The summed E-state index contributed by atoms with van der Waals surface area (Å²) in [5, 5.41) is 14.9. The maximum Gasteiger partial charge on any atom is 0.338 e. The van der Waals surface area contributed by atoms with Gasteiger partial charge >= 0.3 is 5.97 Å². The lowest BCUT2D eigenvalue weighted by Crippen LogP contribution is -2.46. The number of anilines is 1. The van der Waals surface area contributed by atoms with Gasteiger partial charge in [-0.1, -0.05) is 0 Å². The number of hydrogen-bond donors (Lipinski definition) is 3. The highest BCUT2D eigenvalue weighted by molar-refractivity contribution is 5.88. The van der Waals surface area contributed by atoms with Crippen molar-refractivity contribution < 1.29 is 18.7 Å². The van der Waals surface area contributed by atoms with Crippen molar-refractivity contribution in [3.8, 4) is 0 Å². The first-order valence-electron chi connectivity index (χ1n) is 6.22. The number of aromatic carboxylic acids is 1. The Balaban J connectivity index is 2.21. The van der Waals surface area contributed by atoms with Crippen molar-refractivity contribution in [3.63, 3.8) is 0 Å². The largest absolute Gasteiger partial charge is 0.478 e. The Morgan fingerprint density at radius 1 is 1.42 bits per heavy atom. The van der Waals surface area contributed by atoms with Gasteiger partial charge in [-0.15, -0.1) is 0 Å². The zero-order valence-electron chi connectivity index (χ0n) is 10.5. The van der Waals surface area contributed by atoms with Gasteiger partial charge in [0.05, 0.1) is 11.3 Å². The number of halogens is 2. The summed E-state index contributed by atoms with van der Waals surface area (Å²) in [6.07, 6.45) is 1.81. The predicted molar refractivity (Wildman–Crippen MR) is 67.4 cm³/mol. The Bertz CT molecular complexity index is 494. The van der Waals surface area contributed by atoms with Crippen LogP contribution in [0.1, 0.15) is 30.1 Å². The highest BCUT2D eigenvalue weighted by Gasteiger charge is 2.24. The van der Waals surface area contributed by atoms with Crippen molar-refractivity contribution >= 4 is 11.7 Å². The lowest BCUT2D eigenvalue weighted by molar-refractivity contribution is 0.0690. The number of carboxylic acids is 1. The van der Waals surface area contributed by atoms with E-state index in [-0.39, 0.29) is 17.8 Å². The van der Waals surface area contributed by atoms with E-state index in [1.807, 2.05) is 6.92 Å². The van der Waals surface area contributed by atoms with Crippen LogP contribution in [0.3, 0.4) is 0 Å². The number of benzene rings is 1. The van der Waals surface area contributed by atoms with Gasteiger partial charge in [0, 0.05) is 12.1 Å². The minimum Gasteiger partial charge on any atom is -0.478 e. The highest BCUT2D eigenvalue weighted by Crippen LogP contribution is 2.23. The number of rotatable bonds is 3. The molecule has 3 N–H and O–H groups in total. The molecule has 1 saturated heterocycles. The van der Waals surface area contributed by atoms with Crippen molar-refractivity contribution in [2.75, 3.05) is 11.9 Å². The first kappa shape index (κ1) is 13.7. The minimum absolute atomic E-state index is 0.00155. The van der Waals surface area contributed by atoms with Gasteiger partial charge in [0.25, 0.3) is 0 Å². The van der Waals surface area contributed by atoms with E-state index in [0.717, 1.165) is 25.5 Å². The SMILES string of the molecule is CC1NCCCC1Nc1ccc(C(=O)O)c(F)c1F. The summed E-state index contributed by atoms with van der Waals surface area (Å²) in [7, 11) is 0. The quantitative estimate of drug-likeness (QED) is 0.788. The van der Waals surface area contributed by atoms with Crippen molar-refractivity contribution in [2.24, 2.45) is 0 Å². The van der Waals surface area contributed by atoms with Crippen LogP contribution in [0, 0.1) is 11.6 Å². The third-order valence-corrected chi connectivity index (χ3v) is 3.42. The monoisotopic (exact) mass is 270 g/mol. The normalized spacial score (nSPS) is 23.1. The van der Waals surface area contributed by atoms with E-state index in [9.17, 15) is 13.6 Å². The number of carboxylic acid groups (broad SMARTS) is 1. The zero-order valence-corrected chi connectivity index (χ0v) is 10.5. The molecule has 0 radical (unpaired) electrons. The molecule has 2 rings (SSSR count). The molecule has 1 heterocycles. The molecule has 2 atom stereocenters. The van der Waals surface area contributed by atoms with Crippen LogP contribution >= 0.6 is 0 Å². The Labute approximate surface area is 109 Å². The van der Waals surface area contributed by atoms with Crippen LogP contribution in [0.2, 0.25) is 0 Å². The summed E-state index contributed by atoms with van der Waals surface area (Å²) < 4.78 is 27.3. The molecule has 1 aromatic carbocycles. The Morgan fingerprint density at radius 2 is 2.16 bits per heavy atom. The fraction of sp³-hybridized carbons (Fsp3) is 0.462. The molecule has 0 bridgehead atoms. The Hall–Kier alpha value is -1.69. The molecule has 0 saturated carbocycles. The van der Waals surface area contributed by atoms with Crippen LogP contribution in [0.15, 0.2) is 12.1 Å². The van der Waals surface area contributed by atoms with Crippen LogP contribution in [0.25, 0.3) is 0 Å². The van der Waals surface area contributed by atoms with Gasteiger partial charge in [-0.2, -0.15) is 0 Å². The number of carbonyl (C=O) groups is 1. The standard InChI is InChI=1S/C13H16F2N2O2/c1-7-9(3-2-6-16-7)17-10-5-4-8(13(18)19)11(14)12(10)15/h4-5,7,9,16-17H,2-3,6H2,1H3,(H,18,19). The molecule has 0 aliphatic carbocycles. The van der Waals surface area contributed by atoms with Crippen LogP contribution in [0.4, 0.5) is 14.5 Å². The summed E-state index contributed by atoms with van der Waals surface area (Å²) in [5.74, 6) is -3.94. The molecular formula is C13H16F2N2O2. The molecular weight excluding hydrogens is 254 g/mol. The molecule has 4 nitrogen and oxygen atoms in total. The van der Waals surface area contributed by atoms with Crippen LogP contribution in [-0.2, 0) is 0 Å². The van der Waals surface area contributed by atoms with Gasteiger partial charge in [0.1, 0.15) is 0 Å². The van der Waals surface area contributed by atoms with Gasteiger partial charge in [0.15, 0.2) is 11.6 Å². The molecule has 1 aromatic rings. The molecule has 6 heteroatoms. The summed E-state index contributed by atoms with van der Waals surface area (Å²) >= 11 is 0. The fourth-order valence-electron chi connectivity index (χ4n) is 2.27. The number of nitrogens with one attached hydrogen (secondary N) is 2. The maximum absolute atomic E-state index is 13.8. The van der Waals surface area contributed by atoms with E-state index in [4.69, 9.17) is 5.11 Å². The van der Waals surface area contributed by atoms with E-state index in [1.165, 1.54) is 6.07 Å². The molecule has 1 aliphatic heterocycles. The average molecular weight is 270 g/mol. The predicted octanol–water partition coefficient (Wildman–Crippen LogP) is 2.22. The van der Waals surface area contributed by atoms with Gasteiger partial charge < -0.3 is 15.7 Å². The van der Waals surface area contributed by atoms with Crippen LogP contribution in [0.5, 0.6) is 0 Å². The summed E-state index contributed by atoms with van der Waals surface area (Å²) in [4.78, 5) is 10.7. The van der Waals surface area contributed by atoms with Crippen molar-refractivity contribution in [1.82, 2.24) is 5.32 Å². The fourth-order valence-corrected chi connectivity index (χ4v) is 2.27. The van der Waals surface area contributed by atoms with E-state index in [0.29, 0.717) is 0 Å². The van der Waals surface area contributed by atoms with Gasteiger partial charge in [0.2, 0.25) is 0 Å². The van der Waals surface area contributed by atoms with E-state index >= 15 is 0 Å². The van der Waals surface area contributed by atoms with Crippen molar-refractivity contribution in [1.29, 1.82) is 0 Å². The number of hydrogen-bond acceptors (Lipinski definition) is 3. The molecule has 0 amide bonds. The summed E-state index contributed by atoms with van der Waals surface area (Å²) in [6, 6.07) is 2.49. The first-order chi connectivity index (χ1) is 9.00. The maximum atomic E-state index is 13.8. The minimum atomic E-state index is -1.48. The third-order valence-electron chi connectivity index (χ3n) is 3.42. The Morgan fingerprint density at radius 3 is 2.79 bits per heavy atom. The molecule has 0 aromatic heterocycles. The molecule has 1 fully saturated rings. The summed E-state index contributed by atoms with van der Waals surface area (Å²) in [6.45, 7) is 2.88. The van der Waals surface area contributed by atoms with Gasteiger partial charge in [-0.3, -0.25) is 0 Å². The van der Waals surface area contributed by atoms with Crippen molar-refractivity contribution in [3.05, 3.63) is 29.3 Å². The summed E-state index contributed by atoms with van der Waals surface area (Å²) in [5.41, 5.74) is -0.652. The van der Waals surface area contributed by atoms with Gasteiger partial charge in [-0.05, 0) is 38.4 Å². The Kier molecular flexibility index (Phi) is 3.99. The topological polar surface area (TPSA) is 61.4 Å². The average Bonchev–Trinajstić information content (AvgIpc) is 2.37. The molecule has 104 valence electrons. The number of piperidine rings is 1. The molecule has 19 heavy (non-hydrogen) atoms. The third kappa shape index (κ3) is 2.84. The lowest BCUT2D eigenvalue weighted by Gasteiger charge is -2.31. The van der Waals surface area contributed by atoms with Crippen LogP contribution < -0.4 is 10.6 Å². The smallest absolute Gasteiger partial charge is 0.338 e. The van der Waals surface area contributed by atoms with Crippen LogP contribution in [-0.4, -0.2) is 29.7 Å². The van der Waals surface area contributed by atoms with Gasteiger partial charge in [-0.25, -0.2) is 13.6 Å². The molecule has 0 spiro atoms. The van der Waals surface area contributed by atoms with E-state index in [1.54, 1.807) is 0 Å². The highest BCUT2D eigenvalue weighted by atomic mass is 19.2. The van der Waals surface area contributed by atoms with E-state index in [2.05, 4.69) is 10.6 Å². The second-order valence-electron chi connectivity index (χ2n) is 4.73. The molecule has 1 aliphatic rings. The van der Waals surface area contributed by atoms with E-state index < -0.39 is 23.2 Å². The lowest BCUT2D eigenvalue weighted by atomic mass is 9.99. The van der Waals surface area contributed by atoms with Crippen molar-refractivity contribution in [2.45, 2.75) is 31.8 Å².